The fourth-order valence-electron chi connectivity index (χ4n) is 4.48. The van der Waals surface area contributed by atoms with Crippen LogP contribution in [0.15, 0.2) is 54.6 Å². The zero-order valence-electron chi connectivity index (χ0n) is 16.5. The number of ether oxygens (including phenoxy) is 2. The van der Waals surface area contributed by atoms with Crippen molar-refractivity contribution in [3.63, 3.8) is 0 Å². The third-order valence-electron chi connectivity index (χ3n) is 5.95. The van der Waals surface area contributed by atoms with Crippen LogP contribution >= 0.6 is 0 Å². The highest BCUT2D eigenvalue weighted by Crippen LogP contribution is 2.43. The average Bonchev–Trinajstić information content (AvgIpc) is 2.74. The van der Waals surface area contributed by atoms with Gasteiger partial charge in [-0.25, -0.2) is 0 Å². The molecule has 2 saturated heterocycles. The van der Waals surface area contributed by atoms with Crippen molar-refractivity contribution in [2.24, 2.45) is 0 Å². The number of para-hydroxylation sites is 1. The van der Waals surface area contributed by atoms with Crippen LogP contribution in [0.5, 0.6) is 5.75 Å². The van der Waals surface area contributed by atoms with Gasteiger partial charge in [0.2, 0.25) is 0 Å². The highest BCUT2D eigenvalue weighted by molar-refractivity contribution is 5.97. The number of hydrogen-bond acceptors (Lipinski definition) is 4. The topological polar surface area (TPSA) is 59.0 Å². The van der Waals surface area contributed by atoms with E-state index in [1.807, 2.05) is 30.3 Å². The lowest BCUT2D eigenvalue weighted by atomic mass is 9.80. The number of aliphatic hydroxyl groups excluding tert-OH is 1. The number of nitrogens with zero attached hydrogens (tertiary/aromatic N) is 1. The highest BCUT2D eigenvalue weighted by atomic mass is 19.3. The summed E-state index contributed by atoms with van der Waals surface area (Å²) in [4.78, 5) is 14.6. The molecule has 2 aliphatic heterocycles. The maximum atomic E-state index is 12.9. The maximum absolute atomic E-state index is 12.9. The highest BCUT2D eigenvalue weighted by Gasteiger charge is 2.44. The zero-order valence-corrected chi connectivity index (χ0v) is 16.5. The molecule has 1 N–H and O–H groups in total. The van der Waals surface area contributed by atoms with Crippen LogP contribution in [0, 0.1) is 0 Å². The summed E-state index contributed by atoms with van der Waals surface area (Å²) in [6.07, 6.45) is 1.59. The van der Waals surface area contributed by atoms with E-state index in [2.05, 4.69) is 4.74 Å². The summed E-state index contributed by atoms with van der Waals surface area (Å²) in [7, 11) is 0. The summed E-state index contributed by atoms with van der Waals surface area (Å²) >= 11 is 0. The Morgan fingerprint density at radius 3 is 2.47 bits per heavy atom. The third kappa shape index (κ3) is 4.47. The molecule has 160 valence electrons. The molecule has 2 aromatic carbocycles. The predicted octanol–water partition coefficient (Wildman–Crippen LogP) is 4.18. The second-order valence-corrected chi connectivity index (χ2v) is 7.96. The molecule has 4 rings (SSSR count). The van der Waals surface area contributed by atoms with E-state index in [1.54, 1.807) is 17.0 Å². The summed E-state index contributed by atoms with van der Waals surface area (Å²) in [5.41, 5.74) is 0.668. The Morgan fingerprint density at radius 1 is 1.10 bits per heavy atom. The van der Waals surface area contributed by atoms with Gasteiger partial charge in [-0.15, -0.1) is 0 Å². The molecule has 1 spiro atoms. The Labute approximate surface area is 174 Å². The Balaban J connectivity index is 1.45. The second kappa shape index (κ2) is 8.70. The van der Waals surface area contributed by atoms with Gasteiger partial charge in [-0.1, -0.05) is 42.5 Å². The Bertz CT molecular complexity index is 869. The number of halogens is 2. The lowest BCUT2D eigenvalue weighted by molar-refractivity contribution is -0.181. The average molecular weight is 417 g/mol. The molecule has 0 aliphatic carbocycles. The normalized spacial score (nSPS) is 23.5. The Morgan fingerprint density at radius 2 is 1.77 bits per heavy atom. The molecule has 5 nitrogen and oxygen atoms in total. The van der Waals surface area contributed by atoms with Gasteiger partial charge in [-0.3, -0.25) is 4.79 Å². The number of likely N-dealkylation sites (tertiary alicyclic amines) is 1. The van der Waals surface area contributed by atoms with Crippen LogP contribution in [0.25, 0.3) is 0 Å². The number of aliphatic hydroxyl groups is 1. The first kappa shape index (κ1) is 20.8. The molecule has 0 unspecified atom stereocenters. The van der Waals surface area contributed by atoms with E-state index >= 15 is 0 Å². The fourth-order valence-corrected chi connectivity index (χ4v) is 4.48. The molecule has 0 bridgehead atoms. The molecule has 2 fully saturated rings. The van der Waals surface area contributed by atoms with E-state index in [0.717, 1.165) is 5.56 Å². The van der Waals surface area contributed by atoms with Gasteiger partial charge in [0.25, 0.3) is 5.91 Å². The van der Waals surface area contributed by atoms with Gasteiger partial charge >= 0.3 is 6.61 Å². The zero-order chi connectivity index (χ0) is 21.1. The molecule has 7 heteroatoms. The molecular formula is C23H25F2NO4. The van der Waals surface area contributed by atoms with Crippen molar-refractivity contribution in [2.75, 3.05) is 13.1 Å². The lowest BCUT2D eigenvalue weighted by Gasteiger charge is -2.48. The number of carbonyl (C=O) groups is 1. The Hall–Kier alpha value is -2.51. The summed E-state index contributed by atoms with van der Waals surface area (Å²) in [5, 5.41) is 10.5. The van der Waals surface area contributed by atoms with Crippen molar-refractivity contribution < 1.29 is 28.2 Å². The summed E-state index contributed by atoms with van der Waals surface area (Å²) in [6.45, 7) is -2.14. The van der Waals surface area contributed by atoms with Crippen molar-refractivity contribution in [3.05, 3.63) is 65.7 Å². The minimum atomic E-state index is -2.99. The van der Waals surface area contributed by atoms with Crippen LogP contribution in [0.4, 0.5) is 8.78 Å². The van der Waals surface area contributed by atoms with Gasteiger partial charge in [0.1, 0.15) is 5.75 Å². The van der Waals surface area contributed by atoms with Crippen LogP contribution in [0.3, 0.4) is 0 Å². The predicted molar refractivity (Wildman–Crippen MR) is 106 cm³/mol. The van der Waals surface area contributed by atoms with Gasteiger partial charge in [0.05, 0.1) is 23.4 Å². The van der Waals surface area contributed by atoms with Gasteiger partial charge in [-0.05, 0) is 30.5 Å². The third-order valence-corrected chi connectivity index (χ3v) is 5.95. The number of alkyl halides is 2. The van der Waals surface area contributed by atoms with Crippen LogP contribution in [-0.2, 0) is 4.74 Å². The van der Waals surface area contributed by atoms with Crippen molar-refractivity contribution >= 4 is 5.91 Å². The molecule has 0 radical (unpaired) electrons. The van der Waals surface area contributed by atoms with Crippen molar-refractivity contribution in [1.29, 1.82) is 0 Å². The molecule has 2 atom stereocenters. The molecule has 2 aliphatic rings. The quantitative estimate of drug-likeness (QED) is 0.811. The van der Waals surface area contributed by atoms with Crippen LogP contribution in [0.1, 0.15) is 47.7 Å². The largest absolute Gasteiger partial charge is 0.434 e. The molecule has 0 aromatic heterocycles. The van der Waals surface area contributed by atoms with E-state index in [9.17, 15) is 18.7 Å². The summed E-state index contributed by atoms with van der Waals surface area (Å²) in [5.74, 6) is -0.455. The number of piperidine rings is 1. The van der Waals surface area contributed by atoms with Crippen molar-refractivity contribution in [2.45, 2.75) is 50.1 Å². The number of benzene rings is 2. The van der Waals surface area contributed by atoms with E-state index in [0.29, 0.717) is 38.8 Å². The molecule has 2 heterocycles. The van der Waals surface area contributed by atoms with E-state index in [1.165, 1.54) is 12.1 Å². The summed E-state index contributed by atoms with van der Waals surface area (Å²) in [6, 6.07) is 15.9. The Kier molecular flexibility index (Phi) is 6.01. The van der Waals surface area contributed by atoms with Gasteiger partial charge in [0.15, 0.2) is 0 Å². The number of hydrogen-bond donors (Lipinski definition) is 1. The van der Waals surface area contributed by atoms with Gasteiger partial charge < -0.3 is 19.5 Å². The molecule has 30 heavy (non-hydrogen) atoms. The maximum Gasteiger partial charge on any atom is 0.387 e. The first-order valence-corrected chi connectivity index (χ1v) is 10.2. The monoisotopic (exact) mass is 417 g/mol. The van der Waals surface area contributed by atoms with Crippen LogP contribution in [0.2, 0.25) is 0 Å². The van der Waals surface area contributed by atoms with E-state index < -0.39 is 18.3 Å². The van der Waals surface area contributed by atoms with E-state index in [-0.39, 0.29) is 23.3 Å². The van der Waals surface area contributed by atoms with Gasteiger partial charge in [0, 0.05) is 25.9 Å². The van der Waals surface area contributed by atoms with E-state index in [4.69, 9.17) is 4.74 Å². The molecule has 1 amide bonds. The second-order valence-electron chi connectivity index (χ2n) is 7.96. The van der Waals surface area contributed by atoms with Crippen molar-refractivity contribution in [1.82, 2.24) is 4.90 Å². The van der Waals surface area contributed by atoms with Crippen LogP contribution < -0.4 is 4.74 Å². The minimum Gasteiger partial charge on any atom is -0.434 e. The number of carbonyl (C=O) groups excluding carboxylic acids is 1. The first-order chi connectivity index (χ1) is 14.5. The molecule has 2 aromatic rings. The van der Waals surface area contributed by atoms with Crippen LogP contribution in [-0.4, -0.2) is 47.3 Å². The van der Waals surface area contributed by atoms with Gasteiger partial charge in [-0.2, -0.15) is 8.78 Å². The number of rotatable bonds is 4. The lowest BCUT2D eigenvalue weighted by Crippen LogP contribution is -2.52. The smallest absolute Gasteiger partial charge is 0.387 e. The molecule has 0 saturated carbocycles. The molecular weight excluding hydrogens is 392 g/mol. The minimum absolute atomic E-state index is 0.119. The standard InChI is InChI=1S/C23H25F2NO4/c24-22(25)29-19-9-5-4-8-18(19)21(28)26-12-10-23(11-13-26)15-17(27)14-20(30-23)16-6-2-1-3-7-16/h1-9,17,20,22,27H,10-15H2/t17-,20-/m1/s1. The number of amides is 1. The summed E-state index contributed by atoms with van der Waals surface area (Å²) < 4.78 is 36.3. The first-order valence-electron chi connectivity index (χ1n) is 10.2. The SMILES string of the molecule is O=C(c1ccccc1OC(F)F)N1CCC2(CC1)C[C@H](O)C[C@H](c1ccccc1)O2. The fraction of sp³-hybridized carbons (Fsp3) is 0.435. The van der Waals surface area contributed by atoms with Crippen molar-refractivity contribution in [3.8, 4) is 5.75 Å².